The Kier molecular flexibility index (Phi) is 11.3. The van der Waals surface area contributed by atoms with Crippen molar-refractivity contribution in [3.05, 3.63) is 30.5 Å². The molecule has 0 spiro atoms. The number of Topliss-reactive ketones (excluding diaryl/α,β-unsaturated/α-hetero) is 1. The van der Waals surface area contributed by atoms with Crippen molar-refractivity contribution in [1.29, 1.82) is 0 Å². The summed E-state index contributed by atoms with van der Waals surface area (Å²) in [5, 5.41) is 1.57. The maximum atomic E-state index is 14.6. The number of ketones is 1. The number of nitrogens with one attached hydrogen (secondary N) is 1. The molecule has 0 radical (unpaired) electrons. The molecule has 5 atom stereocenters. The summed E-state index contributed by atoms with van der Waals surface area (Å²) in [6.45, 7) is 16.8. The van der Waals surface area contributed by atoms with Gasteiger partial charge in [0.15, 0.2) is 5.78 Å². The van der Waals surface area contributed by atoms with Crippen LogP contribution in [0.1, 0.15) is 107 Å². The third-order valence-corrected chi connectivity index (χ3v) is 11.5. The van der Waals surface area contributed by atoms with Crippen molar-refractivity contribution in [3.8, 4) is 11.6 Å². The fourth-order valence-electron chi connectivity index (χ4n) is 7.26. The minimum atomic E-state index is -4.40. The van der Waals surface area contributed by atoms with Gasteiger partial charge in [-0.2, -0.15) is 8.42 Å². The smallest absolute Gasteiger partial charge is 0.362 e. The number of rotatable bonds is 15. The van der Waals surface area contributed by atoms with Crippen molar-refractivity contribution < 1.29 is 46.0 Å². The van der Waals surface area contributed by atoms with Crippen LogP contribution in [0.15, 0.2) is 30.5 Å². The summed E-state index contributed by atoms with van der Waals surface area (Å²) in [7, 11) is -4.40. The van der Waals surface area contributed by atoms with Crippen molar-refractivity contribution >= 4 is 44.6 Å². The molecule has 2 amide bonds. The molecule has 1 aromatic heterocycles. The van der Waals surface area contributed by atoms with Gasteiger partial charge in [-0.25, -0.2) is 13.9 Å². The van der Waals surface area contributed by atoms with E-state index in [9.17, 15) is 27.6 Å². The third kappa shape index (κ3) is 9.67. The average molecular weight is 758 g/mol. The van der Waals surface area contributed by atoms with Crippen LogP contribution in [0.25, 0.3) is 10.8 Å². The average Bonchev–Trinajstić information content (AvgIpc) is 3.90. The second-order valence-electron chi connectivity index (χ2n) is 17.2. The first kappa shape index (κ1) is 40.4. The van der Waals surface area contributed by atoms with Crippen LogP contribution in [0.2, 0.25) is 0 Å². The Balaban J connectivity index is 1.43. The summed E-state index contributed by atoms with van der Waals surface area (Å²) < 4.78 is 50.6. The quantitative estimate of drug-likeness (QED) is 0.222. The molecule has 13 nitrogen and oxygen atoms in total. The lowest BCUT2D eigenvalue weighted by Crippen LogP contribution is -2.49. The first-order valence-corrected chi connectivity index (χ1v) is 20.0. The second-order valence-corrected chi connectivity index (χ2v) is 18.4. The summed E-state index contributed by atoms with van der Waals surface area (Å²) in [5.41, 5.74) is -3.55. The zero-order valence-corrected chi connectivity index (χ0v) is 33.3. The van der Waals surface area contributed by atoms with Crippen molar-refractivity contribution in [2.24, 2.45) is 22.7 Å². The normalized spacial score (nSPS) is 24.3. The van der Waals surface area contributed by atoms with E-state index in [1.54, 1.807) is 33.9 Å². The number of pyridine rings is 1. The molecular formula is C39H55N3O10S. The van der Waals surface area contributed by atoms with E-state index in [4.69, 9.17) is 18.4 Å². The topological polar surface area (TPSA) is 167 Å². The minimum Gasteiger partial charge on any atom is -0.494 e. The highest BCUT2D eigenvalue weighted by Crippen LogP contribution is 2.58. The molecular weight excluding hydrogens is 703 g/mol. The molecule has 2 aliphatic carbocycles. The van der Waals surface area contributed by atoms with Gasteiger partial charge in [0, 0.05) is 24.4 Å². The Bertz CT molecular complexity index is 1850. The zero-order valence-electron chi connectivity index (χ0n) is 32.4. The van der Waals surface area contributed by atoms with Crippen LogP contribution in [0.5, 0.6) is 11.6 Å². The lowest BCUT2D eigenvalue weighted by Gasteiger charge is -2.35. The summed E-state index contributed by atoms with van der Waals surface area (Å²) in [6.07, 6.45) is 2.59. The first-order chi connectivity index (χ1) is 24.6. The highest BCUT2D eigenvalue weighted by Gasteiger charge is 2.62. The van der Waals surface area contributed by atoms with Gasteiger partial charge in [0.2, 0.25) is 17.7 Å². The Labute approximate surface area is 313 Å². The summed E-state index contributed by atoms with van der Waals surface area (Å²) in [6, 6.07) is 6.39. The standard InChI is InChI=1S/C39H55N3O10S/c1-10-25-21-39(25,35(46)41-53(47,48)52-38(9)15-16-38)22-31(43)30-19-27(50-33-28-13-12-26(49-11-2)18-24(28)14-17-40-33)23-42(30)34(45)29(36(3,4)5)20-32(44)51-37(6,7)8/h12-14,17-18,25,27,29-30H,10-11,15-16,19-23H2,1-9H3,(H,41,46)/t25-,27-,29-,30+,39-/m1/s1. The lowest BCUT2D eigenvalue weighted by molar-refractivity contribution is -0.161. The Morgan fingerprint density at radius 1 is 1.06 bits per heavy atom. The number of aromatic nitrogens is 1. The molecule has 3 aliphatic rings. The lowest BCUT2D eigenvalue weighted by atomic mass is 9.77. The zero-order chi connectivity index (χ0) is 39.1. The van der Waals surface area contributed by atoms with Gasteiger partial charge in [0.05, 0.1) is 42.5 Å². The number of amides is 2. The number of fused-ring (bicyclic) bond motifs is 1. The summed E-state index contributed by atoms with van der Waals surface area (Å²) in [5.74, 6) is -2.16. The largest absolute Gasteiger partial charge is 0.494 e. The molecule has 0 unspecified atom stereocenters. The molecule has 2 aromatic rings. The Hall–Kier alpha value is -3.78. The SMILES string of the molecule is CCOc1ccc2c(O[C@@H]3C[C@@H](C(=O)C[C@]4(C(=O)NS(=O)(=O)OC5(C)CC5)C[C@H]4CC)N(C(=O)[C@@H](CC(=O)OC(C)(C)C)C(C)(C)C)C3)nccc2c1. The van der Waals surface area contributed by atoms with Gasteiger partial charge >= 0.3 is 16.3 Å². The molecule has 1 N–H and O–H groups in total. The van der Waals surface area contributed by atoms with Crippen LogP contribution in [-0.4, -0.2) is 78.4 Å². The van der Waals surface area contributed by atoms with Crippen LogP contribution in [0.3, 0.4) is 0 Å². The molecule has 1 aromatic carbocycles. The maximum Gasteiger partial charge on any atom is 0.362 e. The molecule has 53 heavy (non-hydrogen) atoms. The van der Waals surface area contributed by atoms with Crippen molar-refractivity contribution in [1.82, 2.24) is 14.6 Å². The molecule has 14 heteroatoms. The van der Waals surface area contributed by atoms with E-state index in [-0.39, 0.29) is 37.5 Å². The number of likely N-dealkylation sites (tertiary alicyclic amines) is 1. The fourth-order valence-corrected chi connectivity index (χ4v) is 8.43. The highest BCUT2D eigenvalue weighted by molar-refractivity contribution is 7.85. The monoisotopic (exact) mass is 757 g/mol. The van der Waals surface area contributed by atoms with Crippen LogP contribution < -0.4 is 14.2 Å². The van der Waals surface area contributed by atoms with Gasteiger partial charge in [0.25, 0.3) is 0 Å². The number of benzene rings is 1. The van der Waals surface area contributed by atoms with Gasteiger partial charge in [-0.15, -0.1) is 0 Å². The van der Waals surface area contributed by atoms with Gasteiger partial charge in [-0.3, -0.25) is 19.2 Å². The Morgan fingerprint density at radius 3 is 2.34 bits per heavy atom. The van der Waals surface area contributed by atoms with Crippen molar-refractivity contribution in [3.63, 3.8) is 0 Å². The van der Waals surface area contributed by atoms with Crippen molar-refractivity contribution in [2.45, 2.75) is 131 Å². The minimum absolute atomic E-state index is 0.0302. The van der Waals surface area contributed by atoms with Crippen LogP contribution >= 0.6 is 0 Å². The van der Waals surface area contributed by atoms with E-state index in [2.05, 4.69) is 9.71 Å². The number of carbonyl (C=O) groups is 4. The molecule has 292 valence electrons. The highest BCUT2D eigenvalue weighted by atomic mass is 32.2. The fraction of sp³-hybridized carbons (Fsp3) is 0.667. The van der Waals surface area contributed by atoms with E-state index in [0.717, 1.165) is 10.8 Å². The number of nitrogens with zero attached hydrogens (tertiary/aromatic N) is 2. The van der Waals surface area contributed by atoms with Crippen LogP contribution in [0, 0.1) is 22.7 Å². The van der Waals surface area contributed by atoms with Crippen molar-refractivity contribution in [2.75, 3.05) is 13.2 Å². The third-order valence-electron chi connectivity index (χ3n) is 10.5. The van der Waals surface area contributed by atoms with Crippen LogP contribution in [0.4, 0.5) is 0 Å². The second kappa shape index (κ2) is 14.8. The molecule has 0 bridgehead atoms. The van der Waals surface area contributed by atoms with E-state index < -0.39 is 68.2 Å². The summed E-state index contributed by atoms with van der Waals surface area (Å²) in [4.78, 5) is 61.7. The molecule has 2 heterocycles. The first-order valence-electron chi connectivity index (χ1n) is 18.6. The van der Waals surface area contributed by atoms with Gasteiger partial charge in [0.1, 0.15) is 17.5 Å². The molecule has 2 saturated carbocycles. The molecule has 1 saturated heterocycles. The van der Waals surface area contributed by atoms with E-state index >= 15 is 0 Å². The van der Waals surface area contributed by atoms with Gasteiger partial charge < -0.3 is 19.1 Å². The molecule has 5 rings (SSSR count). The Morgan fingerprint density at radius 2 is 1.75 bits per heavy atom. The number of carbonyl (C=O) groups excluding carboxylic acids is 4. The maximum absolute atomic E-state index is 14.6. The predicted molar refractivity (Wildman–Crippen MR) is 197 cm³/mol. The van der Waals surface area contributed by atoms with E-state index in [0.29, 0.717) is 43.9 Å². The van der Waals surface area contributed by atoms with Crippen LogP contribution in [-0.2, 0) is 38.4 Å². The predicted octanol–water partition coefficient (Wildman–Crippen LogP) is 5.68. The number of esters is 1. The van der Waals surface area contributed by atoms with E-state index in [1.165, 1.54) is 4.90 Å². The summed E-state index contributed by atoms with van der Waals surface area (Å²) >= 11 is 0. The van der Waals surface area contributed by atoms with Gasteiger partial charge in [-0.05, 0) is 94.9 Å². The number of hydrogen-bond donors (Lipinski definition) is 1. The van der Waals surface area contributed by atoms with Gasteiger partial charge in [-0.1, -0.05) is 34.1 Å². The molecule has 1 aliphatic heterocycles. The number of ether oxygens (including phenoxy) is 3. The number of hydrogen-bond acceptors (Lipinski definition) is 11. The molecule has 3 fully saturated rings. The van der Waals surface area contributed by atoms with E-state index in [1.807, 2.05) is 58.9 Å².